The van der Waals surface area contributed by atoms with Crippen LogP contribution in [0.15, 0.2) is 0 Å². The summed E-state index contributed by atoms with van der Waals surface area (Å²) in [6.45, 7) is 5.90. The van der Waals surface area contributed by atoms with Crippen molar-refractivity contribution in [2.24, 2.45) is 0 Å². The third-order valence-electron chi connectivity index (χ3n) is 2.04. The molecule has 1 aromatic rings. The zero-order valence-corrected chi connectivity index (χ0v) is 7.68. The Balaban J connectivity index is 2.96. The van der Waals surface area contributed by atoms with Gasteiger partial charge in [-0.2, -0.15) is 5.26 Å². The van der Waals surface area contributed by atoms with Crippen LogP contribution in [-0.4, -0.2) is 9.97 Å². The number of rotatable bonds is 2. The molecule has 1 atom stereocenters. The van der Waals surface area contributed by atoms with E-state index in [9.17, 15) is 0 Å². The second-order valence-corrected chi connectivity index (χ2v) is 2.92. The van der Waals surface area contributed by atoms with Gasteiger partial charge in [0.1, 0.15) is 11.7 Å². The minimum absolute atomic E-state index is 0.0857. The fourth-order valence-electron chi connectivity index (χ4n) is 1.09. The van der Waals surface area contributed by atoms with Crippen molar-refractivity contribution in [1.82, 2.24) is 9.97 Å². The molecule has 0 aliphatic heterocycles. The lowest BCUT2D eigenvalue weighted by Gasteiger charge is -1.99. The van der Waals surface area contributed by atoms with Crippen molar-refractivity contribution in [3.63, 3.8) is 0 Å². The third kappa shape index (κ3) is 1.48. The van der Waals surface area contributed by atoms with Crippen molar-refractivity contribution in [2.45, 2.75) is 33.1 Å². The molecule has 0 radical (unpaired) electrons. The van der Waals surface area contributed by atoms with Crippen molar-refractivity contribution in [1.29, 1.82) is 5.26 Å². The zero-order chi connectivity index (χ0) is 9.14. The van der Waals surface area contributed by atoms with E-state index in [-0.39, 0.29) is 5.92 Å². The fourth-order valence-corrected chi connectivity index (χ4v) is 1.09. The van der Waals surface area contributed by atoms with Crippen LogP contribution >= 0.6 is 0 Å². The van der Waals surface area contributed by atoms with Crippen molar-refractivity contribution >= 4 is 0 Å². The molecule has 0 bridgehead atoms. The van der Waals surface area contributed by atoms with Crippen molar-refractivity contribution in [3.05, 3.63) is 17.2 Å². The fraction of sp³-hybridized carbons (Fsp3) is 0.556. The number of H-pyrrole nitrogens is 1. The molecule has 0 aromatic carbocycles. The Hall–Kier alpha value is -1.30. The Morgan fingerprint density at radius 3 is 2.58 bits per heavy atom. The molecule has 0 amide bonds. The van der Waals surface area contributed by atoms with Gasteiger partial charge in [-0.3, -0.25) is 0 Å². The molecule has 1 unspecified atom stereocenters. The first kappa shape index (κ1) is 8.79. The summed E-state index contributed by atoms with van der Waals surface area (Å²) in [5.41, 5.74) is 2.04. The smallest absolute Gasteiger partial charge is 0.123 e. The average molecular weight is 163 g/mol. The maximum absolute atomic E-state index is 8.77. The summed E-state index contributed by atoms with van der Waals surface area (Å²) in [4.78, 5) is 7.39. The van der Waals surface area contributed by atoms with Crippen molar-refractivity contribution in [3.8, 4) is 6.07 Å². The molecule has 12 heavy (non-hydrogen) atoms. The number of hydrogen-bond acceptors (Lipinski definition) is 2. The van der Waals surface area contributed by atoms with Crippen LogP contribution in [-0.2, 0) is 0 Å². The molecule has 1 heterocycles. The van der Waals surface area contributed by atoms with Crippen LogP contribution < -0.4 is 0 Å². The van der Waals surface area contributed by atoms with Gasteiger partial charge in [0, 0.05) is 5.69 Å². The molecule has 1 N–H and O–H groups in total. The number of aromatic amines is 1. The van der Waals surface area contributed by atoms with Crippen LogP contribution in [0.5, 0.6) is 0 Å². The molecule has 0 aliphatic carbocycles. The van der Waals surface area contributed by atoms with E-state index in [1.165, 1.54) is 0 Å². The van der Waals surface area contributed by atoms with Crippen LogP contribution in [0, 0.1) is 25.2 Å². The highest BCUT2D eigenvalue weighted by molar-refractivity contribution is 5.17. The van der Waals surface area contributed by atoms with Crippen LogP contribution in [0.2, 0.25) is 0 Å². The van der Waals surface area contributed by atoms with E-state index in [4.69, 9.17) is 5.26 Å². The quantitative estimate of drug-likeness (QED) is 0.725. The van der Waals surface area contributed by atoms with Gasteiger partial charge in [0.2, 0.25) is 0 Å². The van der Waals surface area contributed by atoms with E-state index in [0.717, 1.165) is 23.6 Å². The zero-order valence-electron chi connectivity index (χ0n) is 7.68. The lowest BCUT2D eigenvalue weighted by Crippen LogP contribution is -1.96. The molecule has 1 aromatic heterocycles. The Morgan fingerprint density at radius 2 is 2.25 bits per heavy atom. The van der Waals surface area contributed by atoms with Crippen molar-refractivity contribution in [2.75, 3.05) is 0 Å². The summed E-state index contributed by atoms with van der Waals surface area (Å²) in [6.07, 6.45) is 0.808. The van der Waals surface area contributed by atoms with Crippen LogP contribution in [0.3, 0.4) is 0 Å². The summed E-state index contributed by atoms with van der Waals surface area (Å²) in [5, 5.41) is 8.77. The first-order chi connectivity index (χ1) is 5.69. The molecule has 3 heteroatoms. The van der Waals surface area contributed by atoms with E-state index in [2.05, 4.69) is 16.0 Å². The van der Waals surface area contributed by atoms with E-state index < -0.39 is 0 Å². The van der Waals surface area contributed by atoms with E-state index in [0.29, 0.717) is 0 Å². The van der Waals surface area contributed by atoms with Crippen LogP contribution in [0.25, 0.3) is 0 Å². The Bertz CT molecular complexity index is 287. The van der Waals surface area contributed by atoms with Gasteiger partial charge in [-0.1, -0.05) is 6.92 Å². The molecule has 0 saturated heterocycles. The molecule has 0 saturated carbocycles. The predicted molar refractivity (Wildman–Crippen MR) is 46.7 cm³/mol. The highest BCUT2D eigenvalue weighted by Gasteiger charge is 2.12. The maximum Gasteiger partial charge on any atom is 0.123 e. The van der Waals surface area contributed by atoms with Gasteiger partial charge >= 0.3 is 0 Å². The molecular weight excluding hydrogens is 150 g/mol. The van der Waals surface area contributed by atoms with Crippen LogP contribution in [0.4, 0.5) is 0 Å². The summed E-state index contributed by atoms with van der Waals surface area (Å²) < 4.78 is 0. The third-order valence-corrected chi connectivity index (χ3v) is 2.04. The largest absolute Gasteiger partial charge is 0.345 e. The molecule has 0 fully saturated rings. The van der Waals surface area contributed by atoms with Gasteiger partial charge in [-0.15, -0.1) is 0 Å². The monoisotopic (exact) mass is 163 g/mol. The predicted octanol–water partition coefficient (Wildman–Crippen LogP) is 2.04. The number of nitrogens with zero attached hydrogens (tertiary/aromatic N) is 2. The average Bonchev–Trinajstić information content (AvgIpc) is 2.35. The molecule has 0 aliphatic rings. The normalized spacial score (nSPS) is 12.5. The lowest BCUT2D eigenvalue weighted by atomic mass is 10.1. The number of aryl methyl sites for hydroxylation is 2. The van der Waals surface area contributed by atoms with Gasteiger partial charge in [-0.25, -0.2) is 4.98 Å². The van der Waals surface area contributed by atoms with Crippen molar-refractivity contribution < 1.29 is 0 Å². The standard InChI is InChI=1S/C9H13N3/c1-4-8(5-10)9-11-6(2)7(3)12-9/h8H,4H2,1-3H3,(H,11,12). The van der Waals surface area contributed by atoms with E-state index >= 15 is 0 Å². The topological polar surface area (TPSA) is 52.5 Å². The minimum atomic E-state index is -0.0857. The second kappa shape index (κ2) is 3.40. The van der Waals surface area contributed by atoms with Gasteiger partial charge in [0.05, 0.1) is 11.8 Å². The highest BCUT2D eigenvalue weighted by Crippen LogP contribution is 2.16. The molecule has 1 rings (SSSR count). The summed E-state index contributed by atoms with van der Waals surface area (Å²) in [6, 6.07) is 2.21. The van der Waals surface area contributed by atoms with Gasteiger partial charge in [0.15, 0.2) is 0 Å². The SMILES string of the molecule is CCC(C#N)c1nc(C)c(C)[nH]1. The number of aromatic nitrogens is 2. The molecule has 64 valence electrons. The number of nitrogens with one attached hydrogen (secondary N) is 1. The first-order valence-corrected chi connectivity index (χ1v) is 4.11. The number of imidazole rings is 1. The summed E-state index contributed by atoms with van der Waals surface area (Å²) >= 11 is 0. The highest BCUT2D eigenvalue weighted by atomic mass is 14.9. The van der Waals surface area contributed by atoms with Gasteiger partial charge in [-0.05, 0) is 20.3 Å². The second-order valence-electron chi connectivity index (χ2n) is 2.92. The maximum atomic E-state index is 8.77. The lowest BCUT2D eigenvalue weighted by molar-refractivity contribution is 0.762. The Labute approximate surface area is 72.4 Å². The number of nitriles is 1. The van der Waals surface area contributed by atoms with Crippen LogP contribution in [0.1, 0.15) is 36.5 Å². The summed E-state index contributed by atoms with van der Waals surface area (Å²) in [5.74, 6) is 0.715. The van der Waals surface area contributed by atoms with Gasteiger partial charge in [0.25, 0.3) is 0 Å². The Kier molecular flexibility index (Phi) is 2.49. The first-order valence-electron chi connectivity index (χ1n) is 4.11. The molecule has 3 nitrogen and oxygen atoms in total. The Morgan fingerprint density at radius 1 is 1.58 bits per heavy atom. The van der Waals surface area contributed by atoms with E-state index in [1.54, 1.807) is 0 Å². The molecule has 0 spiro atoms. The minimum Gasteiger partial charge on any atom is -0.345 e. The van der Waals surface area contributed by atoms with Gasteiger partial charge < -0.3 is 4.98 Å². The summed E-state index contributed by atoms with van der Waals surface area (Å²) in [7, 11) is 0. The van der Waals surface area contributed by atoms with E-state index in [1.807, 2.05) is 20.8 Å². The molecular formula is C9H13N3. The number of hydrogen-bond donors (Lipinski definition) is 1.